The summed E-state index contributed by atoms with van der Waals surface area (Å²) >= 11 is 1.32. The van der Waals surface area contributed by atoms with Gasteiger partial charge >= 0.3 is 0 Å². The van der Waals surface area contributed by atoms with E-state index >= 15 is 0 Å². The Morgan fingerprint density at radius 1 is 1.24 bits per heavy atom. The average molecular weight is 361 g/mol. The minimum Gasteiger partial charge on any atom is -0.378 e. The van der Waals surface area contributed by atoms with Gasteiger partial charge in [0.05, 0.1) is 11.3 Å². The zero-order valence-corrected chi connectivity index (χ0v) is 16.3. The molecule has 1 heterocycles. The van der Waals surface area contributed by atoms with Crippen LogP contribution in [0.2, 0.25) is 0 Å². The van der Waals surface area contributed by atoms with Gasteiger partial charge in [0.2, 0.25) is 0 Å². The van der Waals surface area contributed by atoms with Crippen LogP contribution in [0.25, 0.3) is 0 Å². The number of rotatable bonds is 9. The summed E-state index contributed by atoms with van der Waals surface area (Å²) in [6.45, 7) is 8.74. The summed E-state index contributed by atoms with van der Waals surface area (Å²) in [6.07, 6.45) is 0.919. The summed E-state index contributed by atoms with van der Waals surface area (Å²) in [5, 5.41) is 6.99. The number of benzene rings is 1. The zero-order valence-electron chi connectivity index (χ0n) is 15.5. The number of amides is 1. The molecule has 25 heavy (non-hydrogen) atoms. The van der Waals surface area contributed by atoms with Crippen molar-refractivity contribution in [3.05, 3.63) is 47.2 Å². The average Bonchev–Trinajstić information content (AvgIpc) is 3.01. The molecule has 2 rings (SSSR count). The van der Waals surface area contributed by atoms with Gasteiger partial charge in [-0.2, -0.15) is 4.37 Å². The summed E-state index contributed by atoms with van der Waals surface area (Å²) in [6, 6.07) is 10.7. The summed E-state index contributed by atoms with van der Waals surface area (Å²) < 4.78 is 4.28. The molecule has 0 fully saturated rings. The van der Waals surface area contributed by atoms with Gasteiger partial charge < -0.3 is 10.6 Å². The van der Waals surface area contributed by atoms with Crippen molar-refractivity contribution in [1.82, 2.24) is 14.6 Å². The van der Waals surface area contributed by atoms with E-state index in [0.29, 0.717) is 12.1 Å². The Hall–Kier alpha value is -1.92. The lowest BCUT2D eigenvalue weighted by Crippen LogP contribution is -2.45. The first-order chi connectivity index (χ1) is 12.1. The lowest BCUT2D eigenvalue weighted by atomic mass is 10.0. The van der Waals surface area contributed by atoms with E-state index in [2.05, 4.69) is 58.0 Å². The van der Waals surface area contributed by atoms with Crippen LogP contribution in [0.15, 0.2) is 30.3 Å². The summed E-state index contributed by atoms with van der Waals surface area (Å²) in [5.41, 5.74) is 2.72. The molecule has 1 unspecified atom stereocenters. The fraction of sp³-hybridized carbons (Fsp3) is 0.474. The number of likely N-dealkylation sites (N-methyl/N-ethyl adjacent to an activating group) is 1. The number of anilines is 1. The molecule has 2 aromatic rings. The maximum Gasteiger partial charge on any atom is 0.256 e. The highest BCUT2D eigenvalue weighted by Crippen LogP contribution is 2.23. The molecule has 5 nitrogen and oxygen atoms in total. The quantitative estimate of drug-likeness (QED) is 0.721. The number of hydrogen-bond donors (Lipinski definition) is 2. The van der Waals surface area contributed by atoms with Gasteiger partial charge in [-0.25, -0.2) is 0 Å². The Morgan fingerprint density at radius 2 is 1.92 bits per heavy atom. The molecule has 0 radical (unpaired) electrons. The van der Waals surface area contributed by atoms with Crippen LogP contribution < -0.4 is 10.6 Å². The molecule has 2 N–H and O–H groups in total. The molecule has 0 saturated carbocycles. The third kappa shape index (κ3) is 5.03. The molecule has 1 aromatic carbocycles. The van der Waals surface area contributed by atoms with Crippen LogP contribution >= 0.6 is 11.5 Å². The van der Waals surface area contributed by atoms with Crippen LogP contribution in [0.1, 0.15) is 35.5 Å². The first kappa shape index (κ1) is 19.4. The molecule has 0 aliphatic rings. The highest BCUT2D eigenvalue weighted by Gasteiger charge is 2.21. The van der Waals surface area contributed by atoms with Crippen LogP contribution in [0.4, 0.5) is 5.00 Å². The number of carbonyl (C=O) groups is 1. The van der Waals surface area contributed by atoms with Gasteiger partial charge in [0.15, 0.2) is 0 Å². The maximum atomic E-state index is 12.7. The molecule has 1 amide bonds. The standard InChI is InChI=1S/C19H28N4OS/c1-5-23(6-2)16(12-15-10-8-7-9-11-15)13-21-18(24)17-14(3)22-25-19(17)20-4/h7-11,16,20H,5-6,12-13H2,1-4H3,(H,21,24). The Morgan fingerprint density at radius 3 is 2.52 bits per heavy atom. The number of nitrogens with zero attached hydrogens (tertiary/aromatic N) is 2. The molecule has 1 atom stereocenters. The lowest BCUT2D eigenvalue weighted by Gasteiger charge is -2.30. The molecule has 0 spiro atoms. The third-order valence-electron chi connectivity index (χ3n) is 4.46. The van der Waals surface area contributed by atoms with E-state index in [1.807, 2.05) is 20.0 Å². The van der Waals surface area contributed by atoms with E-state index < -0.39 is 0 Å². The van der Waals surface area contributed by atoms with Crippen molar-refractivity contribution in [3.8, 4) is 0 Å². The van der Waals surface area contributed by atoms with Crippen LogP contribution in [0, 0.1) is 6.92 Å². The molecule has 0 aliphatic heterocycles. The lowest BCUT2D eigenvalue weighted by molar-refractivity contribution is 0.0935. The van der Waals surface area contributed by atoms with Crippen molar-refractivity contribution in [2.75, 3.05) is 32.0 Å². The zero-order chi connectivity index (χ0) is 18.2. The van der Waals surface area contributed by atoms with Gasteiger partial charge in [-0.15, -0.1) is 0 Å². The van der Waals surface area contributed by atoms with Crippen molar-refractivity contribution >= 4 is 22.4 Å². The van der Waals surface area contributed by atoms with Gasteiger partial charge in [0, 0.05) is 19.6 Å². The number of hydrogen-bond acceptors (Lipinski definition) is 5. The molecular weight excluding hydrogens is 332 g/mol. The van der Waals surface area contributed by atoms with Gasteiger partial charge in [-0.05, 0) is 43.5 Å². The van der Waals surface area contributed by atoms with Crippen molar-refractivity contribution < 1.29 is 4.79 Å². The van der Waals surface area contributed by atoms with Crippen LogP contribution in [0.3, 0.4) is 0 Å². The molecule has 6 heteroatoms. The predicted molar refractivity (Wildman–Crippen MR) is 106 cm³/mol. The van der Waals surface area contributed by atoms with E-state index in [0.717, 1.165) is 30.2 Å². The molecule has 0 bridgehead atoms. The van der Waals surface area contributed by atoms with Gasteiger partial charge in [-0.3, -0.25) is 9.69 Å². The Balaban J connectivity index is 2.08. The van der Waals surface area contributed by atoms with Gasteiger partial charge in [0.25, 0.3) is 5.91 Å². The van der Waals surface area contributed by atoms with E-state index in [4.69, 9.17) is 0 Å². The Labute approximate surface area is 154 Å². The van der Waals surface area contributed by atoms with E-state index in [9.17, 15) is 4.79 Å². The fourth-order valence-corrected chi connectivity index (χ4v) is 3.81. The monoisotopic (exact) mass is 360 g/mol. The van der Waals surface area contributed by atoms with Crippen molar-refractivity contribution in [2.45, 2.75) is 33.2 Å². The summed E-state index contributed by atoms with van der Waals surface area (Å²) in [4.78, 5) is 15.1. The minimum absolute atomic E-state index is 0.0548. The number of carbonyl (C=O) groups excluding carboxylic acids is 1. The normalized spacial score (nSPS) is 12.2. The van der Waals surface area contributed by atoms with E-state index in [-0.39, 0.29) is 11.9 Å². The second kappa shape index (κ2) is 9.53. The fourth-order valence-electron chi connectivity index (χ4n) is 3.06. The van der Waals surface area contributed by atoms with Gasteiger partial charge in [-0.1, -0.05) is 44.2 Å². The highest BCUT2D eigenvalue weighted by molar-refractivity contribution is 7.10. The smallest absolute Gasteiger partial charge is 0.256 e. The van der Waals surface area contributed by atoms with Crippen molar-refractivity contribution in [3.63, 3.8) is 0 Å². The Kier molecular flexibility index (Phi) is 7.40. The molecule has 1 aromatic heterocycles. The summed E-state index contributed by atoms with van der Waals surface area (Å²) in [7, 11) is 1.82. The first-order valence-electron chi connectivity index (χ1n) is 8.80. The van der Waals surface area contributed by atoms with Crippen LogP contribution in [-0.4, -0.2) is 47.9 Å². The number of nitrogens with one attached hydrogen (secondary N) is 2. The Bertz CT molecular complexity index is 667. The molecule has 0 saturated heterocycles. The molecule has 0 aliphatic carbocycles. The number of aromatic nitrogens is 1. The van der Waals surface area contributed by atoms with E-state index in [1.54, 1.807) is 0 Å². The second-order valence-corrected chi connectivity index (χ2v) is 6.77. The second-order valence-electron chi connectivity index (χ2n) is 6.00. The van der Waals surface area contributed by atoms with E-state index in [1.165, 1.54) is 17.1 Å². The van der Waals surface area contributed by atoms with Crippen molar-refractivity contribution in [1.29, 1.82) is 0 Å². The third-order valence-corrected chi connectivity index (χ3v) is 5.41. The first-order valence-corrected chi connectivity index (χ1v) is 9.58. The van der Waals surface area contributed by atoms with Gasteiger partial charge in [0.1, 0.15) is 5.00 Å². The number of aryl methyl sites for hydroxylation is 1. The maximum absolute atomic E-state index is 12.7. The highest BCUT2D eigenvalue weighted by atomic mass is 32.1. The summed E-state index contributed by atoms with van der Waals surface area (Å²) in [5.74, 6) is -0.0548. The topological polar surface area (TPSA) is 57.3 Å². The van der Waals surface area contributed by atoms with Crippen LogP contribution in [-0.2, 0) is 6.42 Å². The SMILES string of the molecule is CCN(CC)C(CNC(=O)c1c(C)nsc1NC)Cc1ccccc1. The van der Waals surface area contributed by atoms with Crippen LogP contribution in [0.5, 0.6) is 0 Å². The largest absolute Gasteiger partial charge is 0.378 e. The predicted octanol–water partition coefficient (Wildman–Crippen LogP) is 3.18. The molecule has 136 valence electrons. The van der Waals surface area contributed by atoms with Crippen molar-refractivity contribution in [2.24, 2.45) is 0 Å². The minimum atomic E-state index is -0.0548. The molecular formula is C19H28N4OS.